The highest BCUT2D eigenvalue weighted by Gasteiger charge is 2.09. The quantitative estimate of drug-likeness (QED) is 0.530. The Kier molecular flexibility index (Phi) is 3.45. The van der Waals surface area contributed by atoms with Crippen LogP contribution in [0.15, 0.2) is 6.33 Å². The molecular weight excluding hydrogens is 168 g/mol. The number of ether oxygens (including phenoxy) is 1. The average molecular weight is 182 g/mol. The van der Waals surface area contributed by atoms with Crippen molar-refractivity contribution in [2.45, 2.75) is 19.8 Å². The number of nitrogens with one attached hydrogen (secondary N) is 1. The Morgan fingerprint density at radius 1 is 1.54 bits per heavy atom. The van der Waals surface area contributed by atoms with E-state index in [1.807, 2.05) is 0 Å². The lowest BCUT2D eigenvalue weighted by molar-refractivity contribution is 0.391. The third kappa shape index (κ3) is 2.06. The van der Waals surface area contributed by atoms with Gasteiger partial charge in [0, 0.05) is 0 Å². The van der Waals surface area contributed by atoms with Crippen LogP contribution in [0.25, 0.3) is 0 Å². The van der Waals surface area contributed by atoms with Crippen LogP contribution in [0.5, 0.6) is 5.88 Å². The number of rotatable bonds is 4. The molecule has 0 atom stereocenters. The predicted molar refractivity (Wildman–Crippen MR) is 50.4 cm³/mol. The summed E-state index contributed by atoms with van der Waals surface area (Å²) in [5.41, 5.74) is 3.45. The minimum absolute atomic E-state index is 0.588. The molecule has 1 rings (SSSR count). The van der Waals surface area contributed by atoms with Gasteiger partial charge in [0.1, 0.15) is 12.1 Å². The lowest BCUT2D eigenvalue weighted by Crippen LogP contribution is -2.12. The van der Waals surface area contributed by atoms with Crippen LogP contribution in [-0.4, -0.2) is 17.1 Å². The smallest absolute Gasteiger partial charge is 0.221 e. The summed E-state index contributed by atoms with van der Waals surface area (Å²) in [4.78, 5) is 7.99. The van der Waals surface area contributed by atoms with Gasteiger partial charge < -0.3 is 10.2 Å². The highest BCUT2D eigenvalue weighted by atomic mass is 16.5. The first-order valence-electron chi connectivity index (χ1n) is 4.18. The molecule has 0 radical (unpaired) electrons. The van der Waals surface area contributed by atoms with Gasteiger partial charge in [-0.2, -0.15) is 0 Å². The van der Waals surface area contributed by atoms with Crippen molar-refractivity contribution in [2.24, 2.45) is 5.84 Å². The molecule has 0 bridgehead atoms. The number of hydrogen-bond acceptors (Lipinski definition) is 5. The number of nitrogens with zero attached hydrogens (tertiary/aromatic N) is 2. The zero-order chi connectivity index (χ0) is 9.68. The van der Waals surface area contributed by atoms with Crippen molar-refractivity contribution in [3.63, 3.8) is 0 Å². The largest absolute Gasteiger partial charge is 0.481 e. The number of anilines is 1. The molecule has 5 heteroatoms. The van der Waals surface area contributed by atoms with E-state index < -0.39 is 0 Å². The average Bonchev–Trinajstić information content (AvgIpc) is 2.18. The molecule has 0 aliphatic carbocycles. The van der Waals surface area contributed by atoms with E-state index in [1.54, 1.807) is 7.11 Å². The first-order chi connectivity index (χ1) is 6.33. The van der Waals surface area contributed by atoms with Gasteiger partial charge in [-0.25, -0.2) is 15.8 Å². The van der Waals surface area contributed by atoms with Crippen LogP contribution in [0.1, 0.15) is 18.9 Å². The van der Waals surface area contributed by atoms with Gasteiger partial charge in [-0.05, 0) is 6.42 Å². The molecule has 5 nitrogen and oxygen atoms in total. The summed E-state index contributed by atoms with van der Waals surface area (Å²) < 4.78 is 5.09. The first-order valence-corrected chi connectivity index (χ1v) is 4.18. The molecular formula is C8H14N4O. The Balaban J connectivity index is 3.05. The highest BCUT2D eigenvalue weighted by Crippen LogP contribution is 2.21. The van der Waals surface area contributed by atoms with Gasteiger partial charge >= 0.3 is 0 Å². The Morgan fingerprint density at radius 2 is 2.31 bits per heavy atom. The Morgan fingerprint density at radius 3 is 2.85 bits per heavy atom. The molecule has 1 heterocycles. The summed E-state index contributed by atoms with van der Waals surface area (Å²) in [6.07, 6.45) is 3.27. The molecule has 1 aromatic heterocycles. The van der Waals surface area contributed by atoms with E-state index in [9.17, 15) is 0 Å². The van der Waals surface area contributed by atoms with Crippen LogP contribution in [-0.2, 0) is 6.42 Å². The van der Waals surface area contributed by atoms with Crippen molar-refractivity contribution < 1.29 is 4.74 Å². The molecule has 3 N–H and O–H groups in total. The van der Waals surface area contributed by atoms with Crippen LogP contribution in [0.3, 0.4) is 0 Å². The van der Waals surface area contributed by atoms with Gasteiger partial charge in [0.2, 0.25) is 5.88 Å². The van der Waals surface area contributed by atoms with Gasteiger partial charge in [-0.1, -0.05) is 13.3 Å². The summed E-state index contributed by atoms with van der Waals surface area (Å²) in [5.74, 6) is 6.53. The zero-order valence-corrected chi connectivity index (χ0v) is 7.87. The Bertz CT molecular complexity index is 255. The molecule has 0 aliphatic heterocycles. The molecule has 0 unspecified atom stereocenters. The molecule has 0 aromatic carbocycles. The maximum absolute atomic E-state index is 5.31. The van der Waals surface area contributed by atoms with Gasteiger partial charge in [0.05, 0.1) is 12.7 Å². The third-order valence-corrected chi connectivity index (χ3v) is 1.74. The van der Waals surface area contributed by atoms with Crippen LogP contribution in [0, 0.1) is 0 Å². The second-order valence-corrected chi connectivity index (χ2v) is 2.60. The van der Waals surface area contributed by atoms with Gasteiger partial charge in [0.25, 0.3) is 0 Å². The van der Waals surface area contributed by atoms with Crippen molar-refractivity contribution in [1.29, 1.82) is 0 Å². The van der Waals surface area contributed by atoms with E-state index in [2.05, 4.69) is 22.3 Å². The normalized spacial score (nSPS) is 9.77. The second kappa shape index (κ2) is 4.61. The maximum atomic E-state index is 5.31. The molecule has 0 amide bonds. The molecule has 0 saturated carbocycles. The molecule has 0 saturated heterocycles. The van der Waals surface area contributed by atoms with Gasteiger partial charge in [-0.15, -0.1) is 0 Å². The molecule has 1 aromatic rings. The van der Waals surface area contributed by atoms with E-state index in [-0.39, 0.29) is 0 Å². The van der Waals surface area contributed by atoms with E-state index in [4.69, 9.17) is 10.6 Å². The van der Waals surface area contributed by atoms with Crippen molar-refractivity contribution in [3.8, 4) is 5.88 Å². The number of methoxy groups -OCH3 is 1. The van der Waals surface area contributed by atoms with Crippen LogP contribution in [0.2, 0.25) is 0 Å². The topological polar surface area (TPSA) is 73.1 Å². The van der Waals surface area contributed by atoms with Crippen LogP contribution >= 0.6 is 0 Å². The summed E-state index contributed by atoms with van der Waals surface area (Å²) in [7, 11) is 1.59. The van der Waals surface area contributed by atoms with Gasteiger partial charge in [0.15, 0.2) is 0 Å². The molecule has 0 fully saturated rings. The van der Waals surface area contributed by atoms with Crippen molar-refractivity contribution in [1.82, 2.24) is 9.97 Å². The summed E-state index contributed by atoms with van der Waals surface area (Å²) in [6, 6.07) is 0. The van der Waals surface area contributed by atoms with Crippen LogP contribution in [0.4, 0.5) is 5.82 Å². The van der Waals surface area contributed by atoms with Crippen molar-refractivity contribution in [2.75, 3.05) is 12.5 Å². The van der Waals surface area contributed by atoms with E-state index in [0.29, 0.717) is 11.7 Å². The highest BCUT2D eigenvalue weighted by molar-refractivity contribution is 5.47. The number of nitrogen functional groups attached to an aromatic ring is 1. The summed E-state index contributed by atoms with van der Waals surface area (Å²) in [5, 5.41) is 0. The lowest BCUT2D eigenvalue weighted by atomic mass is 10.2. The van der Waals surface area contributed by atoms with E-state index >= 15 is 0 Å². The third-order valence-electron chi connectivity index (χ3n) is 1.74. The zero-order valence-electron chi connectivity index (χ0n) is 7.87. The standard InChI is InChI=1S/C8H14N4O/c1-3-4-6-7(12-9)10-5-11-8(6)13-2/h5H,3-4,9H2,1-2H3,(H,10,11,12). The van der Waals surface area contributed by atoms with E-state index in [0.717, 1.165) is 18.4 Å². The fraction of sp³-hybridized carbons (Fsp3) is 0.500. The molecule has 72 valence electrons. The minimum Gasteiger partial charge on any atom is -0.481 e. The van der Waals surface area contributed by atoms with Crippen molar-refractivity contribution >= 4 is 5.82 Å². The first kappa shape index (κ1) is 9.73. The maximum Gasteiger partial charge on any atom is 0.221 e. The molecule has 0 spiro atoms. The fourth-order valence-corrected chi connectivity index (χ4v) is 1.17. The fourth-order valence-electron chi connectivity index (χ4n) is 1.17. The molecule has 13 heavy (non-hydrogen) atoms. The second-order valence-electron chi connectivity index (χ2n) is 2.60. The number of hydrogen-bond donors (Lipinski definition) is 2. The van der Waals surface area contributed by atoms with Crippen molar-refractivity contribution in [3.05, 3.63) is 11.9 Å². The Labute approximate surface area is 77.3 Å². The monoisotopic (exact) mass is 182 g/mol. The summed E-state index contributed by atoms with van der Waals surface area (Å²) in [6.45, 7) is 2.08. The number of aromatic nitrogens is 2. The predicted octanol–water partition coefficient (Wildman–Crippen LogP) is 0.723. The SMILES string of the molecule is CCCc1c(NN)ncnc1OC. The lowest BCUT2D eigenvalue weighted by Gasteiger charge is -2.09. The van der Waals surface area contributed by atoms with E-state index in [1.165, 1.54) is 6.33 Å². The number of hydrazine groups is 1. The molecule has 0 aliphatic rings. The summed E-state index contributed by atoms with van der Waals surface area (Å²) >= 11 is 0. The number of nitrogens with two attached hydrogens (primary N) is 1. The van der Waals surface area contributed by atoms with Gasteiger partial charge in [-0.3, -0.25) is 0 Å². The Hall–Kier alpha value is -1.36. The minimum atomic E-state index is 0.588. The van der Waals surface area contributed by atoms with Crippen LogP contribution < -0.4 is 16.0 Å².